The minimum Gasteiger partial charge on any atom is -0.310 e. The number of rotatable bonds is 5. The third-order valence-electron chi connectivity index (χ3n) is 3.29. The second-order valence-electron chi connectivity index (χ2n) is 4.55. The summed E-state index contributed by atoms with van der Waals surface area (Å²) < 4.78 is 1.97. The first-order valence-corrected chi connectivity index (χ1v) is 7.10. The first kappa shape index (κ1) is 14.1. The van der Waals surface area contributed by atoms with Gasteiger partial charge < -0.3 is 5.32 Å². The summed E-state index contributed by atoms with van der Waals surface area (Å²) in [5.74, 6) is 0. The van der Waals surface area contributed by atoms with E-state index in [-0.39, 0.29) is 6.04 Å². The van der Waals surface area contributed by atoms with Crippen LogP contribution >= 0.6 is 11.6 Å². The summed E-state index contributed by atoms with van der Waals surface area (Å²) >= 11 is 6.40. The van der Waals surface area contributed by atoms with Crippen LogP contribution in [-0.4, -0.2) is 16.3 Å². The molecule has 1 aromatic heterocycles. The first-order chi connectivity index (χ1) is 9.17. The molecule has 0 fully saturated rings. The molecule has 1 aromatic carbocycles. The number of nitrogens with zero attached hydrogens (tertiary/aromatic N) is 2. The van der Waals surface area contributed by atoms with Gasteiger partial charge in [0.1, 0.15) is 0 Å². The van der Waals surface area contributed by atoms with Gasteiger partial charge in [0.05, 0.1) is 5.69 Å². The number of halogens is 1. The van der Waals surface area contributed by atoms with Gasteiger partial charge in [-0.15, -0.1) is 0 Å². The van der Waals surface area contributed by atoms with Crippen molar-refractivity contribution in [2.75, 3.05) is 6.54 Å². The molecule has 2 aromatic rings. The van der Waals surface area contributed by atoms with Crippen molar-refractivity contribution in [2.45, 2.75) is 33.4 Å². The van der Waals surface area contributed by atoms with E-state index in [1.807, 2.05) is 23.0 Å². The van der Waals surface area contributed by atoms with Crippen molar-refractivity contribution in [3.05, 3.63) is 41.0 Å². The van der Waals surface area contributed by atoms with E-state index in [0.29, 0.717) is 0 Å². The third-order valence-corrected chi connectivity index (χ3v) is 3.62. The average molecular weight is 278 g/mol. The Labute approximate surface area is 119 Å². The second kappa shape index (κ2) is 6.22. The summed E-state index contributed by atoms with van der Waals surface area (Å²) in [4.78, 5) is 0. The second-order valence-corrected chi connectivity index (χ2v) is 4.96. The number of hydrogen-bond donors (Lipinski definition) is 1. The van der Waals surface area contributed by atoms with Gasteiger partial charge in [-0.05, 0) is 38.1 Å². The highest BCUT2D eigenvalue weighted by Gasteiger charge is 2.11. The lowest BCUT2D eigenvalue weighted by Crippen LogP contribution is -2.18. The predicted molar refractivity (Wildman–Crippen MR) is 80.4 cm³/mol. The number of aryl methyl sites for hydroxylation is 1. The van der Waals surface area contributed by atoms with Gasteiger partial charge in [0.2, 0.25) is 0 Å². The maximum Gasteiger partial charge on any atom is 0.0682 e. The summed E-state index contributed by atoms with van der Waals surface area (Å²) in [6.45, 7) is 8.09. The van der Waals surface area contributed by atoms with E-state index in [9.17, 15) is 0 Å². The molecule has 0 radical (unpaired) electrons. The van der Waals surface area contributed by atoms with E-state index in [1.54, 1.807) is 0 Å². The van der Waals surface area contributed by atoms with Crippen LogP contribution in [0.3, 0.4) is 0 Å². The summed E-state index contributed by atoms with van der Waals surface area (Å²) in [5.41, 5.74) is 3.35. The number of aromatic nitrogens is 2. The minimum atomic E-state index is 0.266. The topological polar surface area (TPSA) is 29.9 Å². The Morgan fingerprint density at radius 2 is 2.11 bits per heavy atom. The molecule has 0 amide bonds. The van der Waals surface area contributed by atoms with E-state index < -0.39 is 0 Å². The van der Waals surface area contributed by atoms with Crippen molar-refractivity contribution < 1.29 is 0 Å². The zero-order valence-corrected chi connectivity index (χ0v) is 12.4. The van der Waals surface area contributed by atoms with Gasteiger partial charge in [-0.3, -0.25) is 4.68 Å². The summed E-state index contributed by atoms with van der Waals surface area (Å²) in [5, 5.41) is 8.47. The molecule has 3 nitrogen and oxygen atoms in total. The van der Waals surface area contributed by atoms with Crippen LogP contribution in [0, 0.1) is 0 Å². The van der Waals surface area contributed by atoms with Gasteiger partial charge in [0, 0.05) is 29.4 Å². The normalized spacial score (nSPS) is 12.6. The van der Waals surface area contributed by atoms with Crippen molar-refractivity contribution in [3.8, 4) is 11.3 Å². The highest BCUT2D eigenvalue weighted by atomic mass is 35.5. The highest BCUT2D eigenvalue weighted by molar-refractivity contribution is 6.31. The van der Waals surface area contributed by atoms with Gasteiger partial charge in [0.25, 0.3) is 0 Å². The van der Waals surface area contributed by atoms with Crippen molar-refractivity contribution >= 4 is 11.6 Å². The van der Waals surface area contributed by atoms with Gasteiger partial charge in [-0.1, -0.05) is 30.7 Å². The summed E-state index contributed by atoms with van der Waals surface area (Å²) in [6, 6.07) is 8.51. The largest absolute Gasteiger partial charge is 0.310 e. The molecule has 0 spiro atoms. The monoisotopic (exact) mass is 277 g/mol. The fourth-order valence-corrected chi connectivity index (χ4v) is 2.63. The Bertz CT molecular complexity index is 548. The van der Waals surface area contributed by atoms with E-state index >= 15 is 0 Å². The molecule has 0 aliphatic heterocycles. The van der Waals surface area contributed by atoms with Gasteiger partial charge in [-0.25, -0.2) is 0 Å². The van der Waals surface area contributed by atoms with Crippen LogP contribution in [0.1, 0.15) is 32.4 Å². The standard InChI is InChI=1S/C15H20ClN3/c1-4-17-11(3)13-7-6-12(10-14(13)16)15-8-9-18-19(15)5-2/h6-11,17H,4-5H2,1-3H3. The molecule has 2 rings (SSSR count). The quantitative estimate of drug-likeness (QED) is 0.898. The zero-order valence-electron chi connectivity index (χ0n) is 11.7. The molecule has 1 unspecified atom stereocenters. The molecule has 19 heavy (non-hydrogen) atoms. The number of benzene rings is 1. The van der Waals surface area contributed by atoms with Crippen molar-refractivity contribution in [1.82, 2.24) is 15.1 Å². The fraction of sp³-hybridized carbons (Fsp3) is 0.400. The van der Waals surface area contributed by atoms with Crippen LogP contribution in [0.15, 0.2) is 30.5 Å². The molecule has 0 aliphatic rings. The molecule has 0 bridgehead atoms. The Kier molecular flexibility index (Phi) is 4.61. The Hall–Kier alpha value is -1.32. The van der Waals surface area contributed by atoms with Gasteiger partial charge in [-0.2, -0.15) is 5.10 Å². The molecule has 1 heterocycles. The van der Waals surface area contributed by atoms with Crippen LogP contribution in [-0.2, 0) is 6.54 Å². The van der Waals surface area contributed by atoms with Crippen LogP contribution in [0.4, 0.5) is 0 Å². The van der Waals surface area contributed by atoms with E-state index in [0.717, 1.165) is 34.9 Å². The SMILES string of the molecule is CCNC(C)c1ccc(-c2ccnn2CC)cc1Cl. The Morgan fingerprint density at radius 3 is 2.74 bits per heavy atom. The lowest BCUT2D eigenvalue weighted by atomic mass is 10.0. The van der Waals surface area contributed by atoms with Crippen molar-refractivity contribution in [1.29, 1.82) is 0 Å². The molecule has 0 saturated carbocycles. The first-order valence-electron chi connectivity index (χ1n) is 6.72. The summed E-state index contributed by atoms with van der Waals surface area (Å²) in [6.07, 6.45) is 1.82. The van der Waals surface area contributed by atoms with E-state index in [4.69, 9.17) is 11.6 Å². The average Bonchev–Trinajstić information content (AvgIpc) is 2.87. The molecule has 4 heteroatoms. The molecule has 1 atom stereocenters. The Balaban J connectivity index is 2.33. The van der Waals surface area contributed by atoms with E-state index in [2.05, 4.69) is 43.3 Å². The molecule has 102 valence electrons. The zero-order chi connectivity index (χ0) is 13.8. The molecule has 0 saturated heterocycles. The molecule has 0 aliphatic carbocycles. The minimum absolute atomic E-state index is 0.266. The highest BCUT2D eigenvalue weighted by Crippen LogP contribution is 2.28. The third kappa shape index (κ3) is 2.99. The molecular formula is C15H20ClN3. The number of hydrogen-bond acceptors (Lipinski definition) is 2. The number of nitrogens with one attached hydrogen (secondary N) is 1. The van der Waals surface area contributed by atoms with Crippen LogP contribution in [0.2, 0.25) is 5.02 Å². The fourth-order valence-electron chi connectivity index (χ4n) is 2.28. The molecular weight excluding hydrogens is 258 g/mol. The van der Waals surface area contributed by atoms with Crippen LogP contribution in [0.25, 0.3) is 11.3 Å². The Morgan fingerprint density at radius 1 is 1.32 bits per heavy atom. The predicted octanol–water partition coefficient (Wildman–Crippen LogP) is 3.89. The lowest BCUT2D eigenvalue weighted by molar-refractivity contribution is 0.598. The van der Waals surface area contributed by atoms with Gasteiger partial charge >= 0.3 is 0 Å². The molecule has 1 N–H and O–H groups in total. The summed E-state index contributed by atoms with van der Waals surface area (Å²) in [7, 11) is 0. The van der Waals surface area contributed by atoms with Crippen molar-refractivity contribution in [2.24, 2.45) is 0 Å². The van der Waals surface area contributed by atoms with Crippen LogP contribution in [0.5, 0.6) is 0 Å². The maximum absolute atomic E-state index is 6.40. The smallest absolute Gasteiger partial charge is 0.0682 e. The van der Waals surface area contributed by atoms with E-state index in [1.165, 1.54) is 0 Å². The lowest BCUT2D eigenvalue weighted by Gasteiger charge is -2.15. The van der Waals surface area contributed by atoms with Crippen molar-refractivity contribution in [3.63, 3.8) is 0 Å². The van der Waals surface area contributed by atoms with Crippen LogP contribution < -0.4 is 5.32 Å². The van der Waals surface area contributed by atoms with Gasteiger partial charge in [0.15, 0.2) is 0 Å². The maximum atomic E-state index is 6.40.